The van der Waals surface area contributed by atoms with Crippen LogP contribution in [0.4, 0.5) is 0 Å². The molecule has 1 aromatic rings. The average molecular weight is 247 g/mol. The summed E-state index contributed by atoms with van der Waals surface area (Å²) in [6, 6.07) is 5.16. The van der Waals surface area contributed by atoms with E-state index in [0.29, 0.717) is 10.2 Å². The van der Waals surface area contributed by atoms with E-state index in [1.807, 2.05) is 6.07 Å². The minimum atomic E-state index is -0.925. The first kappa shape index (κ1) is 9.61. The number of hydrogen-bond acceptors (Lipinski definition) is 2. The highest BCUT2D eigenvalue weighted by Crippen LogP contribution is 2.18. The molecular formula is C8H7BrO2S. The zero-order chi connectivity index (χ0) is 9.14. The van der Waals surface area contributed by atoms with Gasteiger partial charge in [0.15, 0.2) is 0 Å². The highest BCUT2D eigenvalue weighted by Gasteiger charge is 2.07. The fraction of sp³-hybridized carbons (Fsp3) is 0.125. The second-order valence-corrected chi connectivity index (χ2v) is 3.45. The molecule has 64 valence electrons. The van der Waals surface area contributed by atoms with Crippen LogP contribution >= 0.6 is 28.6 Å². The Morgan fingerprint density at radius 3 is 2.75 bits per heavy atom. The summed E-state index contributed by atoms with van der Waals surface area (Å²) in [5, 5.41) is 8.73. The summed E-state index contributed by atoms with van der Waals surface area (Å²) in [7, 11) is 0. The molecule has 4 heteroatoms. The van der Waals surface area contributed by atoms with Gasteiger partial charge in [0, 0.05) is 10.2 Å². The summed E-state index contributed by atoms with van der Waals surface area (Å²) in [4.78, 5) is 10.6. The third-order valence-electron chi connectivity index (χ3n) is 1.44. The molecule has 0 aromatic heterocycles. The molecule has 2 nitrogen and oxygen atoms in total. The van der Waals surface area contributed by atoms with Crippen molar-refractivity contribution in [1.82, 2.24) is 0 Å². The Labute approximate surface area is 84.1 Å². The molecule has 0 aliphatic rings. The quantitative estimate of drug-likeness (QED) is 0.788. The number of carboxylic acids is 1. The fourth-order valence-electron chi connectivity index (χ4n) is 0.835. The number of carbonyl (C=O) groups is 1. The molecule has 1 rings (SSSR count). The summed E-state index contributed by atoms with van der Waals surface area (Å²) in [5.41, 5.74) is 1.18. The first-order valence-corrected chi connectivity index (χ1v) is 4.70. The highest BCUT2D eigenvalue weighted by molar-refractivity contribution is 9.10. The van der Waals surface area contributed by atoms with Crippen LogP contribution in [0, 0.1) is 0 Å². The monoisotopic (exact) mass is 246 g/mol. The van der Waals surface area contributed by atoms with Crippen molar-refractivity contribution in [2.24, 2.45) is 0 Å². The fourth-order valence-corrected chi connectivity index (χ4v) is 1.45. The van der Waals surface area contributed by atoms with E-state index < -0.39 is 5.97 Å². The summed E-state index contributed by atoms with van der Waals surface area (Å²) in [6.07, 6.45) is 0. The zero-order valence-electron chi connectivity index (χ0n) is 6.12. The number of rotatable bonds is 2. The second-order valence-electron chi connectivity index (χ2n) is 2.28. The van der Waals surface area contributed by atoms with E-state index in [9.17, 15) is 4.79 Å². The number of carboxylic acid groups (broad SMARTS) is 1. The number of aromatic carboxylic acids is 1. The SMILES string of the molecule is O=C(O)c1cc(CS)ccc1Br. The smallest absolute Gasteiger partial charge is 0.336 e. The molecule has 0 atom stereocenters. The maximum Gasteiger partial charge on any atom is 0.336 e. The third-order valence-corrected chi connectivity index (χ3v) is 2.50. The highest BCUT2D eigenvalue weighted by atomic mass is 79.9. The molecule has 0 unspecified atom stereocenters. The van der Waals surface area contributed by atoms with Gasteiger partial charge in [-0.05, 0) is 33.6 Å². The van der Waals surface area contributed by atoms with E-state index in [0.717, 1.165) is 5.56 Å². The van der Waals surface area contributed by atoms with E-state index in [-0.39, 0.29) is 5.56 Å². The van der Waals surface area contributed by atoms with Gasteiger partial charge in [0.2, 0.25) is 0 Å². The van der Waals surface area contributed by atoms with Crippen LogP contribution in [-0.2, 0) is 5.75 Å². The predicted molar refractivity (Wildman–Crippen MR) is 53.8 cm³/mol. The predicted octanol–water partition coefficient (Wildman–Crippen LogP) is 2.58. The normalized spacial score (nSPS) is 9.83. The van der Waals surface area contributed by atoms with Crippen molar-refractivity contribution in [1.29, 1.82) is 0 Å². The van der Waals surface area contributed by atoms with Gasteiger partial charge >= 0.3 is 5.97 Å². The average Bonchev–Trinajstić information content (AvgIpc) is 2.05. The lowest BCUT2D eigenvalue weighted by Gasteiger charge is -2.00. The molecule has 0 aliphatic heterocycles. The molecule has 12 heavy (non-hydrogen) atoms. The summed E-state index contributed by atoms with van der Waals surface area (Å²) < 4.78 is 0.598. The van der Waals surface area contributed by atoms with E-state index in [2.05, 4.69) is 28.6 Å². The maximum absolute atomic E-state index is 10.6. The summed E-state index contributed by atoms with van der Waals surface area (Å²) in [6.45, 7) is 0. The molecular weight excluding hydrogens is 240 g/mol. The van der Waals surface area contributed by atoms with Crippen LogP contribution in [0.2, 0.25) is 0 Å². The van der Waals surface area contributed by atoms with E-state index in [4.69, 9.17) is 5.11 Å². The molecule has 0 heterocycles. The Bertz CT molecular complexity index is 312. The van der Waals surface area contributed by atoms with Crippen LogP contribution in [-0.4, -0.2) is 11.1 Å². The van der Waals surface area contributed by atoms with Gasteiger partial charge in [-0.15, -0.1) is 0 Å². The Hall–Kier alpha value is -0.480. The van der Waals surface area contributed by atoms with Gasteiger partial charge in [-0.1, -0.05) is 6.07 Å². The Morgan fingerprint density at radius 2 is 2.25 bits per heavy atom. The number of benzene rings is 1. The van der Waals surface area contributed by atoms with Gasteiger partial charge in [0.05, 0.1) is 5.56 Å². The van der Waals surface area contributed by atoms with Gasteiger partial charge < -0.3 is 5.11 Å². The second kappa shape index (κ2) is 3.96. The summed E-state index contributed by atoms with van der Waals surface area (Å²) in [5.74, 6) is -0.376. The van der Waals surface area contributed by atoms with Gasteiger partial charge in [0.1, 0.15) is 0 Å². The van der Waals surface area contributed by atoms with Gasteiger partial charge in [-0.3, -0.25) is 0 Å². The van der Waals surface area contributed by atoms with Crippen molar-refractivity contribution in [2.75, 3.05) is 0 Å². The van der Waals surface area contributed by atoms with E-state index in [1.54, 1.807) is 12.1 Å². The minimum Gasteiger partial charge on any atom is -0.478 e. The van der Waals surface area contributed by atoms with Gasteiger partial charge in [-0.25, -0.2) is 4.79 Å². The molecule has 0 radical (unpaired) electrons. The molecule has 0 bridgehead atoms. The van der Waals surface area contributed by atoms with Crippen LogP contribution in [0.5, 0.6) is 0 Å². The molecule has 0 saturated heterocycles. The lowest BCUT2D eigenvalue weighted by molar-refractivity contribution is 0.0696. The molecule has 0 saturated carbocycles. The largest absolute Gasteiger partial charge is 0.478 e. The van der Waals surface area contributed by atoms with Crippen LogP contribution in [0.15, 0.2) is 22.7 Å². The van der Waals surface area contributed by atoms with Crippen molar-refractivity contribution in [2.45, 2.75) is 5.75 Å². The lowest BCUT2D eigenvalue weighted by atomic mass is 10.1. The molecule has 0 amide bonds. The van der Waals surface area contributed by atoms with Crippen LogP contribution in [0.3, 0.4) is 0 Å². The lowest BCUT2D eigenvalue weighted by Crippen LogP contribution is -1.98. The number of hydrogen-bond donors (Lipinski definition) is 2. The molecule has 1 N–H and O–H groups in total. The molecule has 0 fully saturated rings. The van der Waals surface area contributed by atoms with E-state index >= 15 is 0 Å². The van der Waals surface area contributed by atoms with Crippen LogP contribution in [0.1, 0.15) is 15.9 Å². The minimum absolute atomic E-state index is 0.279. The van der Waals surface area contributed by atoms with E-state index in [1.165, 1.54) is 0 Å². The standard InChI is InChI=1S/C8H7BrO2S/c9-7-2-1-5(4-12)3-6(7)8(10)11/h1-3,12H,4H2,(H,10,11). The first-order chi connectivity index (χ1) is 5.65. The Balaban J connectivity index is 3.17. The van der Waals surface area contributed by atoms with Crippen molar-refractivity contribution >= 4 is 34.5 Å². The topological polar surface area (TPSA) is 37.3 Å². The van der Waals surface area contributed by atoms with Crippen LogP contribution in [0.25, 0.3) is 0 Å². The van der Waals surface area contributed by atoms with Crippen molar-refractivity contribution in [3.05, 3.63) is 33.8 Å². The van der Waals surface area contributed by atoms with Gasteiger partial charge in [0.25, 0.3) is 0 Å². The van der Waals surface area contributed by atoms with Crippen molar-refractivity contribution in [3.8, 4) is 0 Å². The Kier molecular flexibility index (Phi) is 3.17. The zero-order valence-corrected chi connectivity index (χ0v) is 8.60. The van der Waals surface area contributed by atoms with Crippen molar-refractivity contribution in [3.63, 3.8) is 0 Å². The maximum atomic E-state index is 10.6. The molecule has 0 aliphatic carbocycles. The van der Waals surface area contributed by atoms with Crippen molar-refractivity contribution < 1.29 is 9.90 Å². The number of thiol groups is 1. The third kappa shape index (κ3) is 2.01. The van der Waals surface area contributed by atoms with Gasteiger partial charge in [-0.2, -0.15) is 12.6 Å². The summed E-state index contributed by atoms with van der Waals surface area (Å²) >= 11 is 7.21. The van der Waals surface area contributed by atoms with Crippen LogP contribution < -0.4 is 0 Å². The molecule has 0 spiro atoms. The number of halogens is 1. The molecule has 1 aromatic carbocycles. The first-order valence-electron chi connectivity index (χ1n) is 3.27. The Morgan fingerprint density at radius 1 is 1.58 bits per heavy atom.